The minimum absolute atomic E-state index is 0.166. The Morgan fingerprint density at radius 2 is 2.08 bits per heavy atom. The van der Waals surface area contributed by atoms with Crippen LogP contribution in [0.1, 0.15) is 5.56 Å². The van der Waals surface area contributed by atoms with Crippen LogP contribution in [0, 0.1) is 5.82 Å². The Kier molecular flexibility index (Phi) is 4.18. The molecule has 0 bridgehead atoms. The third kappa shape index (κ3) is 3.35. The fourth-order valence-corrected chi connectivity index (χ4v) is 2.57. The van der Waals surface area contributed by atoms with Crippen molar-refractivity contribution < 1.29 is 17.5 Å². The number of nitrogens with zero attached hydrogens (tertiary/aromatic N) is 3. The highest BCUT2D eigenvalue weighted by Crippen LogP contribution is 2.22. The average molecular weight is 351 g/mol. The van der Waals surface area contributed by atoms with Crippen molar-refractivity contribution in [1.29, 1.82) is 0 Å². The van der Waals surface area contributed by atoms with Crippen molar-refractivity contribution in [2.75, 3.05) is 7.11 Å². The highest BCUT2D eigenvalue weighted by Gasteiger charge is 2.11. The fraction of sp³-hybridized carbons (Fsp3) is 0.143. The van der Waals surface area contributed by atoms with Crippen LogP contribution in [0.15, 0.2) is 36.4 Å². The molecule has 24 heavy (non-hydrogen) atoms. The van der Waals surface area contributed by atoms with Gasteiger partial charge in [-0.1, -0.05) is 11.3 Å². The summed E-state index contributed by atoms with van der Waals surface area (Å²) in [5, 5.41) is 12.9. The predicted molar refractivity (Wildman–Crippen MR) is 85.3 cm³/mol. The molecule has 0 spiro atoms. The molecular weight excluding hydrogens is 337 g/mol. The lowest BCUT2D eigenvalue weighted by Crippen LogP contribution is -2.30. The highest BCUT2D eigenvalue weighted by molar-refractivity contribution is 7.87. The first-order chi connectivity index (χ1) is 11.4. The summed E-state index contributed by atoms with van der Waals surface area (Å²) >= 11 is 0. The molecule has 0 saturated heterocycles. The van der Waals surface area contributed by atoms with E-state index in [0.29, 0.717) is 22.5 Å². The predicted octanol–water partition coefficient (Wildman–Crippen LogP) is 0.861. The zero-order chi connectivity index (χ0) is 17.3. The third-order valence-electron chi connectivity index (χ3n) is 3.40. The van der Waals surface area contributed by atoms with Crippen LogP contribution in [-0.2, 0) is 16.8 Å². The van der Waals surface area contributed by atoms with E-state index in [4.69, 9.17) is 9.88 Å². The lowest BCUT2D eigenvalue weighted by atomic mass is 10.2. The number of aromatic nitrogens is 3. The topological polar surface area (TPSA) is 112 Å². The number of ether oxygens (including phenoxy) is 1. The second kappa shape index (κ2) is 6.15. The first-order valence-corrected chi connectivity index (χ1v) is 8.37. The van der Waals surface area contributed by atoms with Crippen LogP contribution in [0.3, 0.4) is 0 Å². The first-order valence-electron chi connectivity index (χ1n) is 6.83. The van der Waals surface area contributed by atoms with Gasteiger partial charge in [0.1, 0.15) is 17.1 Å². The Morgan fingerprint density at radius 3 is 2.75 bits per heavy atom. The lowest BCUT2D eigenvalue weighted by molar-refractivity contribution is 0.415. The van der Waals surface area contributed by atoms with Gasteiger partial charge in [0.15, 0.2) is 0 Å². The Labute approximate surface area is 137 Å². The summed E-state index contributed by atoms with van der Waals surface area (Å²) < 4.78 is 44.6. The van der Waals surface area contributed by atoms with Crippen molar-refractivity contribution in [3.8, 4) is 11.4 Å². The van der Waals surface area contributed by atoms with Crippen molar-refractivity contribution in [3.05, 3.63) is 47.8 Å². The fourth-order valence-electron chi connectivity index (χ4n) is 2.21. The van der Waals surface area contributed by atoms with E-state index in [1.807, 2.05) is 4.72 Å². The van der Waals surface area contributed by atoms with Gasteiger partial charge in [-0.05, 0) is 24.3 Å². The van der Waals surface area contributed by atoms with Crippen LogP contribution < -0.4 is 14.6 Å². The van der Waals surface area contributed by atoms with E-state index in [-0.39, 0.29) is 12.1 Å². The SMILES string of the molecule is COc1ccc2c(c1)nnn2-c1ccc(CNS(N)(=O)=O)c(F)c1. The van der Waals surface area contributed by atoms with E-state index in [0.717, 1.165) is 0 Å². The molecule has 3 rings (SSSR count). The zero-order valence-corrected chi connectivity index (χ0v) is 13.4. The molecule has 3 N–H and O–H groups in total. The van der Waals surface area contributed by atoms with Gasteiger partial charge in [0.2, 0.25) is 0 Å². The number of nitrogens with two attached hydrogens (primary N) is 1. The molecule has 8 nitrogen and oxygen atoms in total. The van der Waals surface area contributed by atoms with Gasteiger partial charge in [0.05, 0.1) is 18.3 Å². The van der Waals surface area contributed by atoms with Gasteiger partial charge >= 0.3 is 0 Å². The number of nitrogens with one attached hydrogen (secondary N) is 1. The van der Waals surface area contributed by atoms with E-state index >= 15 is 0 Å². The number of hydrogen-bond acceptors (Lipinski definition) is 5. The standard InChI is InChI=1S/C14H14FN5O3S/c1-23-11-4-5-14-13(7-11)18-19-20(14)10-3-2-9(12(15)6-10)8-17-24(16,21)22/h2-7,17H,8H2,1H3,(H2,16,21,22). The quantitative estimate of drug-likeness (QED) is 0.708. The Morgan fingerprint density at radius 1 is 1.29 bits per heavy atom. The lowest BCUT2D eigenvalue weighted by Gasteiger charge is -2.07. The molecule has 0 fully saturated rings. The maximum absolute atomic E-state index is 14.2. The van der Waals surface area contributed by atoms with Gasteiger partial charge in [-0.3, -0.25) is 0 Å². The molecule has 1 aromatic heterocycles. The second-order valence-corrected chi connectivity index (χ2v) is 6.38. The maximum atomic E-state index is 14.2. The van der Waals surface area contributed by atoms with Crippen LogP contribution in [-0.4, -0.2) is 30.5 Å². The molecule has 3 aromatic rings. The van der Waals surface area contributed by atoms with E-state index in [2.05, 4.69) is 10.3 Å². The third-order valence-corrected chi connectivity index (χ3v) is 3.94. The molecule has 10 heteroatoms. The Hall–Kier alpha value is -2.56. The molecule has 0 unspecified atom stereocenters. The monoisotopic (exact) mass is 351 g/mol. The zero-order valence-electron chi connectivity index (χ0n) is 12.6. The minimum Gasteiger partial charge on any atom is -0.497 e. The van der Waals surface area contributed by atoms with Crippen LogP contribution in [0.5, 0.6) is 5.75 Å². The number of methoxy groups -OCH3 is 1. The molecule has 0 atom stereocenters. The number of rotatable bonds is 5. The van der Waals surface area contributed by atoms with Crippen LogP contribution in [0.25, 0.3) is 16.7 Å². The Balaban J connectivity index is 1.94. The number of hydrogen-bond donors (Lipinski definition) is 2. The van der Waals surface area contributed by atoms with Crippen LogP contribution >= 0.6 is 0 Å². The highest BCUT2D eigenvalue weighted by atomic mass is 32.2. The Bertz CT molecular complexity index is 1000. The smallest absolute Gasteiger partial charge is 0.274 e. The molecule has 0 radical (unpaired) electrons. The summed E-state index contributed by atoms with van der Waals surface area (Å²) in [6, 6.07) is 9.56. The molecule has 0 amide bonds. The van der Waals surface area contributed by atoms with Gasteiger partial charge < -0.3 is 4.74 Å². The maximum Gasteiger partial charge on any atom is 0.274 e. The van der Waals surface area contributed by atoms with Crippen LogP contribution in [0.2, 0.25) is 0 Å². The van der Waals surface area contributed by atoms with E-state index in [1.54, 1.807) is 31.4 Å². The number of benzene rings is 2. The number of fused-ring (bicyclic) bond motifs is 1. The van der Waals surface area contributed by atoms with Gasteiger partial charge in [-0.15, -0.1) is 5.10 Å². The van der Waals surface area contributed by atoms with Crippen molar-refractivity contribution in [2.24, 2.45) is 5.14 Å². The minimum atomic E-state index is -3.88. The summed E-state index contributed by atoms with van der Waals surface area (Å²) in [5.74, 6) is 0.0611. The molecule has 0 saturated carbocycles. The van der Waals surface area contributed by atoms with Crippen LogP contribution in [0.4, 0.5) is 4.39 Å². The number of halogens is 1. The largest absolute Gasteiger partial charge is 0.497 e. The average Bonchev–Trinajstić information content (AvgIpc) is 2.95. The summed E-state index contributed by atoms with van der Waals surface area (Å²) in [4.78, 5) is 0. The normalized spacial score (nSPS) is 11.8. The van der Waals surface area contributed by atoms with Gasteiger partial charge in [0.25, 0.3) is 10.2 Å². The molecule has 0 aliphatic rings. The first kappa shape index (κ1) is 16.3. The molecule has 126 valence electrons. The summed E-state index contributed by atoms with van der Waals surface area (Å²) in [6.45, 7) is -0.236. The van der Waals surface area contributed by atoms with E-state index < -0.39 is 16.0 Å². The van der Waals surface area contributed by atoms with Crippen molar-refractivity contribution in [1.82, 2.24) is 19.7 Å². The molecule has 0 aliphatic carbocycles. The summed E-state index contributed by atoms with van der Waals surface area (Å²) in [5.41, 5.74) is 1.92. The summed E-state index contributed by atoms with van der Waals surface area (Å²) in [6.07, 6.45) is 0. The van der Waals surface area contributed by atoms with Gasteiger partial charge in [0, 0.05) is 18.2 Å². The summed E-state index contributed by atoms with van der Waals surface area (Å²) in [7, 11) is -2.33. The van der Waals surface area contributed by atoms with E-state index in [1.165, 1.54) is 16.8 Å². The van der Waals surface area contributed by atoms with Gasteiger partial charge in [-0.25, -0.2) is 14.2 Å². The van der Waals surface area contributed by atoms with Crippen molar-refractivity contribution >= 4 is 21.2 Å². The molecule has 0 aliphatic heterocycles. The van der Waals surface area contributed by atoms with Crippen molar-refractivity contribution in [3.63, 3.8) is 0 Å². The van der Waals surface area contributed by atoms with Gasteiger partial charge in [-0.2, -0.15) is 13.1 Å². The van der Waals surface area contributed by atoms with Crippen molar-refractivity contribution in [2.45, 2.75) is 6.54 Å². The van der Waals surface area contributed by atoms with E-state index in [9.17, 15) is 12.8 Å². The molecule has 2 aromatic carbocycles. The second-order valence-electron chi connectivity index (χ2n) is 5.00. The molecule has 1 heterocycles. The molecular formula is C14H14FN5O3S.